The van der Waals surface area contributed by atoms with Gasteiger partial charge in [0.2, 0.25) is 0 Å². The molecule has 0 bridgehead atoms. The predicted octanol–water partition coefficient (Wildman–Crippen LogP) is 2.19. The van der Waals surface area contributed by atoms with Gasteiger partial charge >= 0.3 is 0 Å². The molecule has 0 aromatic heterocycles. The first kappa shape index (κ1) is 8.70. The van der Waals surface area contributed by atoms with Crippen molar-refractivity contribution in [3.8, 4) is 0 Å². The lowest BCUT2D eigenvalue weighted by Gasteiger charge is -1.88. The third-order valence-corrected chi connectivity index (χ3v) is 1.05. The minimum absolute atomic E-state index is 0.733. The van der Waals surface area contributed by atoms with Gasteiger partial charge in [0, 0.05) is 7.11 Å². The van der Waals surface area contributed by atoms with Crippen LogP contribution in [0.2, 0.25) is 0 Å². The Labute approximate surface area is 57.7 Å². The number of methoxy groups -OCH3 is 1. The number of allylic oxidation sites excluding steroid dienone is 1. The van der Waals surface area contributed by atoms with E-state index in [-0.39, 0.29) is 0 Å². The van der Waals surface area contributed by atoms with Gasteiger partial charge in [-0.1, -0.05) is 25.5 Å². The SMILES string of the molecule is [CH2]CCCC=CCOC. The van der Waals surface area contributed by atoms with Crippen molar-refractivity contribution in [3.63, 3.8) is 0 Å². The molecule has 0 N–H and O–H groups in total. The van der Waals surface area contributed by atoms with Crippen LogP contribution in [0, 0.1) is 6.92 Å². The average Bonchev–Trinajstić information content (AvgIpc) is 1.89. The van der Waals surface area contributed by atoms with Crippen molar-refractivity contribution >= 4 is 0 Å². The standard InChI is InChI=1S/C8H15O/c1-3-4-5-6-7-8-9-2/h6-7H,1,3-5,8H2,2H3. The molecule has 0 amide bonds. The first-order chi connectivity index (χ1) is 4.41. The van der Waals surface area contributed by atoms with E-state index in [4.69, 9.17) is 4.74 Å². The average molecular weight is 127 g/mol. The Morgan fingerprint density at radius 2 is 2.22 bits per heavy atom. The Bertz CT molecular complexity index is 67.0. The van der Waals surface area contributed by atoms with Crippen molar-refractivity contribution in [2.45, 2.75) is 19.3 Å². The Morgan fingerprint density at radius 1 is 1.44 bits per heavy atom. The van der Waals surface area contributed by atoms with E-state index in [1.165, 1.54) is 6.42 Å². The zero-order chi connectivity index (χ0) is 6.95. The van der Waals surface area contributed by atoms with Gasteiger partial charge in [0.05, 0.1) is 6.61 Å². The van der Waals surface area contributed by atoms with Gasteiger partial charge in [-0.05, 0) is 12.8 Å². The molecule has 0 fully saturated rings. The Balaban J connectivity index is 2.86. The van der Waals surface area contributed by atoms with Gasteiger partial charge in [0.1, 0.15) is 0 Å². The molecule has 1 radical (unpaired) electrons. The van der Waals surface area contributed by atoms with Crippen LogP contribution in [0.1, 0.15) is 19.3 Å². The molecule has 0 spiro atoms. The summed E-state index contributed by atoms with van der Waals surface area (Å²) in [4.78, 5) is 0. The Hall–Kier alpha value is -0.300. The fourth-order valence-corrected chi connectivity index (χ4v) is 0.544. The summed E-state index contributed by atoms with van der Waals surface area (Å²) < 4.78 is 4.82. The number of rotatable bonds is 5. The van der Waals surface area contributed by atoms with Crippen LogP contribution in [0.4, 0.5) is 0 Å². The minimum Gasteiger partial charge on any atom is -0.381 e. The van der Waals surface area contributed by atoms with E-state index < -0.39 is 0 Å². The summed E-state index contributed by atoms with van der Waals surface area (Å²) in [6, 6.07) is 0. The minimum atomic E-state index is 0.733. The van der Waals surface area contributed by atoms with E-state index in [9.17, 15) is 0 Å². The number of unbranched alkanes of at least 4 members (excludes halogenated alkanes) is 2. The van der Waals surface area contributed by atoms with Crippen molar-refractivity contribution in [1.82, 2.24) is 0 Å². The third kappa shape index (κ3) is 7.70. The van der Waals surface area contributed by atoms with Gasteiger partial charge in [0.15, 0.2) is 0 Å². The van der Waals surface area contributed by atoms with E-state index in [0.717, 1.165) is 19.4 Å². The molecular weight excluding hydrogens is 112 g/mol. The van der Waals surface area contributed by atoms with Crippen LogP contribution in [-0.4, -0.2) is 13.7 Å². The highest BCUT2D eigenvalue weighted by Gasteiger charge is 1.76. The summed E-state index contributed by atoms with van der Waals surface area (Å²) in [7, 11) is 1.70. The maximum Gasteiger partial charge on any atom is 0.0643 e. The maximum atomic E-state index is 4.82. The second-order valence-electron chi connectivity index (χ2n) is 1.92. The molecule has 1 heteroatoms. The van der Waals surface area contributed by atoms with Crippen LogP contribution >= 0.6 is 0 Å². The van der Waals surface area contributed by atoms with Crippen molar-refractivity contribution in [2.75, 3.05) is 13.7 Å². The van der Waals surface area contributed by atoms with E-state index in [1.54, 1.807) is 7.11 Å². The van der Waals surface area contributed by atoms with Gasteiger partial charge < -0.3 is 4.74 Å². The smallest absolute Gasteiger partial charge is 0.0643 e. The number of hydrogen-bond donors (Lipinski definition) is 0. The van der Waals surface area contributed by atoms with Crippen molar-refractivity contribution in [1.29, 1.82) is 0 Å². The van der Waals surface area contributed by atoms with E-state index in [0.29, 0.717) is 0 Å². The molecule has 0 atom stereocenters. The molecular formula is C8H15O. The molecule has 0 saturated carbocycles. The second kappa shape index (κ2) is 7.70. The number of hydrogen-bond acceptors (Lipinski definition) is 1. The molecule has 0 heterocycles. The van der Waals surface area contributed by atoms with Crippen LogP contribution in [0.25, 0.3) is 0 Å². The topological polar surface area (TPSA) is 9.23 Å². The molecule has 0 saturated heterocycles. The molecule has 0 unspecified atom stereocenters. The summed E-state index contributed by atoms with van der Waals surface area (Å²) in [5, 5.41) is 0. The highest BCUT2D eigenvalue weighted by Crippen LogP contribution is 1.93. The lowest BCUT2D eigenvalue weighted by Crippen LogP contribution is -1.79. The quantitative estimate of drug-likeness (QED) is 0.406. The summed E-state index contributed by atoms with van der Waals surface area (Å²) in [5.41, 5.74) is 0. The van der Waals surface area contributed by atoms with Crippen LogP contribution in [0.5, 0.6) is 0 Å². The van der Waals surface area contributed by atoms with E-state index in [1.807, 2.05) is 6.08 Å². The Kier molecular flexibility index (Phi) is 7.44. The molecule has 1 nitrogen and oxygen atoms in total. The summed E-state index contributed by atoms with van der Waals surface area (Å²) >= 11 is 0. The van der Waals surface area contributed by atoms with Gasteiger partial charge in [-0.2, -0.15) is 0 Å². The first-order valence-corrected chi connectivity index (χ1v) is 3.35. The molecule has 0 aliphatic heterocycles. The predicted molar refractivity (Wildman–Crippen MR) is 40.2 cm³/mol. The largest absolute Gasteiger partial charge is 0.381 e. The van der Waals surface area contributed by atoms with Crippen molar-refractivity contribution in [2.24, 2.45) is 0 Å². The second-order valence-corrected chi connectivity index (χ2v) is 1.92. The molecule has 53 valence electrons. The molecule has 9 heavy (non-hydrogen) atoms. The molecule has 0 aliphatic carbocycles. The normalized spacial score (nSPS) is 10.9. The lowest BCUT2D eigenvalue weighted by atomic mass is 10.2. The molecule has 0 aromatic rings. The van der Waals surface area contributed by atoms with Gasteiger partial charge in [-0.15, -0.1) is 0 Å². The van der Waals surface area contributed by atoms with Crippen LogP contribution in [0.15, 0.2) is 12.2 Å². The first-order valence-electron chi connectivity index (χ1n) is 3.35. The molecule has 0 aliphatic rings. The summed E-state index contributed by atoms with van der Waals surface area (Å²) in [6.45, 7) is 4.47. The van der Waals surface area contributed by atoms with Crippen LogP contribution < -0.4 is 0 Å². The molecule has 0 aromatic carbocycles. The van der Waals surface area contributed by atoms with E-state index in [2.05, 4.69) is 13.0 Å². The highest BCUT2D eigenvalue weighted by atomic mass is 16.5. The molecule has 0 rings (SSSR count). The summed E-state index contributed by atoms with van der Waals surface area (Å²) in [5.74, 6) is 0. The lowest BCUT2D eigenvalue weighted by molar-refractivity contribution is 0.233. The van der Waals surface area contributed by atoms with E-state index >= 15 is 0 Å². The van der Waals surface area contributed by atoms with Crippen LogP contribution in [-0.2, 0) is 4.74 Å². The fourth-order valence-electron chi connectivity index (χ4n) is 0.544. The van der Waals surface area contributed by atoms with Crippen molar-refractivity contribution in [3.05, 3.63) is 19.1 Å². The van der Waals surface area contributed by atoms with Crippen LogP contribution in [0.3, 0.4) is 0 Å². The zero-order valence-electron chi connectivity index (χ0n) is 6.10. The van der Waals surface area contributed by atoms with Gasteiger partial charge in [-0.3, -0.25) is 0 Å². The van der Waals surface area contributed by atoms with Gasteiger partial charge in [0.25, 0.3) is 0 Å². The van der Waals surface area contributed by atoms with Gasteiger partial charge in [-0.25, -0.2) is 0 Å². The third-order valence-electron chi connectivity index (χ3n) is 1.05. The number of ether oxygens (including phenoxy) is 1. The Morgan fingerprint density at radius 3 is 2.78 bits per heavy atom. The zero-order valence-corrected chi connectivity index (χ0v) is 6.10. The monoisotopic (exact) mass is 127 g/mol. The highest BCUT2D eigenvalue weighted by molar-refractivity contribution is 4.80. The van der Waals surface area contributed by atoms with Crippen molar-refractivity contribution < 1.29 is 4.74 Å². The maximum absolute atomic E-state index is 4.82. The fraction of sp³-hybridized carbons (Fsp3) is 0.625. The summed E-state index contributed by atoms with van der Waals surface area (Å²) in [6.07, 6.45) is 7.51.